The van der Waals surface area contributed by atoms with Crippen molar-refractivity contribution in [1.29, 1.82) is 0 Å². The van der Waals surface area contributed by atoms with E-state index in [9.17, 15) is 13.5 Å². The van der Waals surface area contributed by atoms with Gasteiger partial charge in [-0.2, -0.15) is 4.31 Å². The van der Waals surface area contributed by atoms with Crippen LogP contribution in [-0.4, -0.2) is 36.5 Å². The molecule has 1 fully saturated rings. The van der Waals surface area contributed by atoms with Crippen LogP contribution >= 0.6 is 23.2 Å². The lowest BCUT2D eigenvalue weighted by Crippen LogP contribution is -2.33. The normalized spacial score (nSPS) is 25.4. The Bertz CT molecular complexity index is 581. The molecule has 1 aromatic carbocycles. The number of hydrogen-bond donors (Lipinski definition) is 1. The summed E-state index contributed by atoms with van der Waals surface area (Å²) in [6.07, 6.45) is 1.58. The van der Waals surface area contributed by atoms with Crippen molar-refractivity contribution in [3.8, 4) is 0 Å². The topological polar surface area (TPSA) is 57.6 Å². The first-order valence-corrected chi connectivity index (χ1v) is 8.60. The molecule has 1 N–H and O–H groups in total. The van der Waals surface area contributed by atoms with Crippen LogP contribution in [0, 0.1) is 0 Å². The van der Waals surface area contributed by atoms with Gasteiger partial charge < -0.3 is 5.11 Å². The van der Waals surface area contributed by atoms with Gasteiger partial charge >= 0.3 is 0 Å². The van der Waals surface area contributed by atoms with Gasteiger partial charge in [-0.1, -0.05) is 29.3 Å². The second-order valence-corrected chi connectivity index (χ2v) is 7.99. The van der Waals surface area contributed by atoms with E-state index in [1.807, 2.05) is 0 Å². The van der Waals surface area contributed by atoms with Crippen molar-refractivity contribution in [1.82, 2.24) is 4.31 Å². The van der Waals surface area contributed by atoms with Crippen LogP contribution in [0.15, 0.2) is 23.1 Å². The molecule has 0 amide bonds. The summed E-state index contributed by atoms with van der Waals surface area (Å²) in [4.78, 5) is -0.0510. The minimum Gasteiger partial charge on any atom is -0.390 e. The van der Waals surface area contributed by atoms with Crippen LogP contribution < -0.4 is 0 Å². The van der Waals surface area contributed by atoms with Crippen LogP contribution in [0.5, 0.6) is 0 Å². The molecule has 2 rings (SSSR count). The summed E-state index contributed by atoms with van der Waals surface area (Å²) in [5, 5.41) is 10.3. The van der Waals surface area contributed by atoms with Gasteiger partial charge in [0.25, 0.3) is 0 Å². The molecule has 1 heterocycles. The smallest absolute Gasteiger partial charge is 0.246 e. The SMILES string of the molecule is CC1(O)CCCN(S(=O)(=O)c2c(Cl)cccc2Cl)CC1. The zero-order valence-electron chi connectivity index (χ0n) is 11.1. The van der Waals surface area contributed by atoms with Crippen LogP contribution in [-0.2, 0) is 10.0 Å². The van der Waals surface area contributed by atoms with E-state index in [1.165, 1.54) is 16.4 Å². The molecule has 1 aliphatic rings. The van der Waals surface area contributed by atoms with Crippen molar-refractivity contribution >= 4 is 33.2 Å². The van der Waals surface area contributed by atoms with E-state index in [0.717, 1.165) is 0 Å². The van der Waals surface area contributed by atoms with Crippen molar-refractivity contribution < 1.29 is 13.5 Å². The van der Waals surface area contributed by atoms with Crippen LogP contribution in [0.25, 0.3) is 0 Å². The van der Waals surface area contributed by atoms with Crippen molar-refractivity contribution in [2.24, 2.45) is 0 Å². The molecule has 0 spiro atoms. The fraction of sp³-hybridized carbons (Fsp3) is 0.538. The molecule has 1 aromatic rings. The van der Waals surface area contributed by atoms with Crippen molar-refractivity contribution in [2.45, 2.75) is 36.7 Å². The fourth-order valence-corrected chi connectivity index (χ4v) is 4.91. The fourth-order valence-electron chi connectivity index (χ4n) is 2.34. The minimum absolute atomic E-state index is 0.0510. The maximum atomic E-state index is 12.7. The lowest BCUT2D eigenvalue weighted by atomic mass is 9.98. The zero-order valence-corrected chi connectivity index (χ0v) is 13.5. The highest BCUT2D eigenvalue weighted by atomic mass is 35.5. The van der Waals surface area contributed by atoms with Gasteiger partial charge in [0.05, 0.1) is 15.6 Å². The largest absolute Gasteiger partial charge is 0.390 e. The van der Waals surface area contributed by atoms with Crippen molar-refractivity contribution in [3.05, 3.63) is 28.2 Å². The quantitative estimate of drug-likeness (QED) is 0.902. The highest BCUT2D eigenvalue weighted by Gasteiger charge is 2.33. The zero-order chi connectivity index (χ0) is 15.0. The molecule has 1 unspecified atom stereocenters. The van der Waals surface area contributed by atoms with Crippen LogP contribution in [0.2, 0.25) is 10.0 Å². The van der Waals surface area contributed by atoms with E-state index in [1.54, 1.807) is 13.0 Å². The first-order chi connectivity index (χ1) is 9.24. The van der Waals surface area contributed by atoms with Gasteiger partial charge in [0.2, 0.25) is 10.0 Å². The molecule has 112 valence electrons. The third-order valence-corrected chi connectivity index (χ3v) is 6.39. The van der Waals surface area contributed by atoms with Crippen LogP contribution in [0.1, 0.15) is 26.2 Å². The molecular formula is C13H17Cl2NO3S. The van der Waals surface area contributed by atoms with Crippen molar-refractivity contribution in [3.63, 3.8) is 0 Å². The molecule has 1 atom stereocenters. The monoisotopic (exact) mass is 337 g/mol. The molecule has 0 radical (unpaired) electrons. The summed E-state index contributed by atoms with van der Waals surface area (Å²) >= 11 is 12.0. The van der Waals surface area contributed by atoms with E-state index in [-0.39, 0.29) is 21.5 Å². The minimum atomic E-state index is -3.74. The number of aliphatic hydroxyl groups is 1. The number of hydrogen-bond acceptors (Lipinski definition) is 3. The first kappa shape index (κ1) is 16.0. The van der Waals surface area contributed by atoms with Gasteiger partial charge in [0, 0.05) is 13.1 Å². The highest BCUT2D eigenvalue weighted by molar-refractivity contribution is 7.89. The van der Waals surface area contributed by atoms with Gasteiger partial charge in [0.15, 0.2) is 0 Å². The summed E-state index contributed by atoms with van der Waals surface area (Å²) in [7, 11) is -3.74. The Hall–Kier alpha value is -0.330. The van der Waals surface area contributed by atoms with Crippen LogP contribution in [0.3, 0.4) is 0 Å². The highest BCUT2D eigenvalue weighted by Crippen LogP contribution is 2.33. The molecule has 4 nitrogen and oxygen atoms in total. The van der Waals surface area contributed by atoms with E-state index >= 15 is 0 Å². The maximum Gasteiger partial charge on any atom is 0.246 e. The number of nitrogens with zero attached hydrogens (tertiary/aromatic N) is 1. The lowest BCUT2D eigenvalue weighted by molar-refractivity contribution is 0.0465. The Morgan fingerprint density at radius 2 is 1.80 bits per heavy atom. The van der Waals surface area contributed by atoms with Crippen molar-refractivity contribution in [2.75, 3.05) is 13.1 Å². The van der Waals surface area contributed by atoms with Gasteiger partial charge in [-0.3, -0.25) is 0 Å². The molecule has 20 heavy (non-hydrogen) atoms. The average Bonchev–Trinajstić information content (AvgIpc) is 2.50. The van der Waals surface area contributed by atoms with Gasteiger partial charge in [-0.25, -0.2) is 8.42 Å². The molecular weight excluding hydrogens is 321 g/mol. The Labute approximate surface area is 129 Å². The molecule has 0 bridgehead atoms. The predicted molar refractivity (Wildman–Crippen MR) is 79.7 cm³/mol. The van der Waals surface area contributed by atoms with E-state index in [4.69, 9.17) is 23.2 Å². The Morgan fingerprint density at radius 1 is 1.20 bits per heavy atom. The number of sulfonamides is 1. The standard InChI is InChI=1S/C13H17Cl2NO3S/c1-13(17)6-3-8-16(9-7-13)20(18,19)12-10(14)4-2-5-11(12)15/h2,4-5,17H,3,6-9H2,1H3. The Kier molecular flexibility index (Phi) is 4.66. The number of halogens is 2. The van der Waals surface area contributed by atoms with E-state index < -0.39 is 15.6 Å². The maximum absolute atomic E-state index is 12.7. The molecule has 0 aromatic heterocycles. The Balaban J connectivity index is 2.36. The first-order valence-electron chi connectivity index (χ1n) is 6.41. The second-order valence-electron chi connectivity index (χ2n) is 5.31. The summed E-state index contributed by atoms with van der Waals surface area (Å²) in [6, 6.07) is 4.62. The lowest BCUT2D eigenvalue weighted by Gasteiger charge is -2.23. The number of benzene rings is 1. The molecule has 1 aliphatic heterocycles. The molecule has 0 saturated carbocycles. The van der Waals surface area contributed by atoms with Gasteiger partial charge in [-0.15, -0.1) is 0 Å². The van der Waals surface area contributed by atoms with E-state index in [0.29, 0.717) is 25.8 Å². The molecule has 1 saturated heterocycles. The molecule has 7 heteroatoms. The summed E-state index contributed by atoms with van der Waals surface area (Å²) in [5.74, 6) is 0. The average molecular weight is 338 g/mol. The van der Waals surface area contributed by atoms with Gasteiger partial charge in [-0.05, 0) is 38.3 Å². The number of rotatable bonds is 2. The summed E-state index contributed by atoms with van der Waals surface area (Å²) in [5.41, 5.74) is -0.825. The van der Waals surface area contributed by atoms with Gasteiger partial charge in [0.1, 0.15) is 4.90 Å². The predicted octanol–water partition coefficient (Wildman–Crippen LogP) is 2.92. The second kappa shape index (κ2) is 5.81. The van der Waals surface area contributed by atoms with E-state index in [2.05, 4.69) is 0 Å². The third-order valence-electron chi connectivity index (χ3n) is 3.54. The van der Waals surface area contributed by atoms with Crippen LogP contribution in [0.4, 0.5) is 0 Å². The molecule has 0 aliphatic carbocycles. The Morgan fingerprint density at radius 3 is 2.40 bits per heavy atom. The summed E-state index contributed by atoms with van der Waals surface area (Å²) < 4.78 is 26.7. The third kappa shape index (κ3) is 3.28. The summed E-state index contributed by atoms with van der Waals surface area (Å²) in [6.45, 7) is 2.35.